The van der Waals surface area contributed by atoms with Gasteiger partial charge in [-0.25, -0.2) is 4.39 Å². The number of rotatable bonds is 7. The standard InChI is InChI=1S/C15H22FN3/c1-3-14(18)15(19(4-2)11-7-10-17)12-8-5-6-9-13(12)16/h5-6,8-9,14-15H,3-4,7,11,18H2,1-2H3. The Morgan fingerprint density at radius 2 is 2.05 bits per heavy atom. The molecule has 0 aliphatic carbocycles. The highest BCUT2D eigenvalue weighted by molar-refractivity contribution is 5.23. The summed E-state index contributed by atoms with van der Waals surface area (Å²) >= 11 is 0. The number of nitrogens with zero attached hydrogens (tertiary/aromatic N) is 2. The van der Waals surface area contributed by atoms with Gasteiger partial charge in [-0.1, -0.05) is 32.0 Å². The zero-order valence-corrected chi connectivity index (χ0v) is 11.6. The summed E-state index contributed by atoms with van der Waals surface area (Å²) < 4.78 is 14.0. The molecule has 4 heteroatoms. The first kappa shape index (κ1) is 15.6. The number of hydrogen-bond acceptors (Lipinski definition) is 3. The van der Waals surface area contributed by atoms with Crippen LogP contribution in [-0.4, -0.2) is 24.0 Å². The lowest BCUT2D eigenvalue weighted by molar-refractivity contribution is 0.177. The summed E-state index contributed by atoms with van der Waals surface area (Å²) in [5.74, 6) is -0.230. The van der Waals surface area contributed by atoms with Crippen LogP contribution in [0.2, 0.25) is 0 Å². The molecule has 104 valence electrons. The van der Waals surface area contributed by atoms with Crippen LogP contribution in [0.25, 0.3) is 0 Å². The lowest BCUT2D eigenvalue weighted by Gasteiger charge is -2.34. The van der Waals surface area contributed by atoms with Gasteiger partial charge < -0.3 is 5.73 Å². The number of hydrogen-bond donors (Lipinski definition) is 1. The lowest BCUT2D eigenvalue weighted by Crippen LogP contribution is -2.41. The van der Waals surface area contributed by atoms with Gasteiger partial charge in [0.1, 0.15) is 5.82 Å². The van der Waals surface area contributed by atoms with Crippen LogP contribution in [0.3, 0.4) is 0 Å². The third-order valence-corrected chi connectivity index (χ3v) is 3.41. The summed E-state index contributed by atoms with van der Waals surface area (Å²) in [5.41, 5.74) is 6.80. The Morgan fingerprint density at radius 3 is 2.58 bits per heavy atom. The maximum atomic E-state index is 14.0. The van der Waals surface area contributed by atoms with Crippen LogP contribution in [0.5, 0.6) is 0 Å². The molecule has 2 atom stereocenters. The Hall–Kier alpha value is -1.44. The summed E-state index contributed by atoms with van der Waals surface area (Å²) in [6.07, 6.45) is 1.19. The van der Waals surface area contributed by atoms with Crippen molar-refractivity contribution in [3.8, 4) is 6.07 Å². The second-order valence-corrected chi connectivity index (χ2v) is 4.58. The molecule has 0 saturated heterocycles. The molecule has 0 amide bonds. The molecule has 0 aromatic heterocycles. The Bertz CT molecular complexity index is 428. The van der Waals surface area contributed by atoms with Crippen LogP contribution in [0, 0.1) is 17.1 Å². The van der Waals surface area contributed by atoms with Crippen molar-refractivity contribution in [2.24, 2.45) is 5.73 Å². The predicted octanol–water partition coefficient (Wildman–Crippen LogP) is 2.84. The van der Waals surface area contributed by atoms with Crippen LogP contribution in [0.15, 0.2) is 24.3 Å². The SMILES string of the molecule is CCC(N)C(c1ccccc1F)N(CC)CCC#N. The topological polar surface area (TPSA) is 53.0 Å². The Balaban J connectivity index is 3.07. The first-order chi connectivity index (χ1) is 9.15. The quantitative estimate of drug-likeness (QED) is 0.823. The highest BCUT2D eigenvalue weighted by atomic mass is 19.1. The van der Waals surface area contributed by atoms with Gasteiger partial charge in [0.05, 0.1) is 12.1 Å². The van der Waals surface area contributed by atoms with E-state index in [1.807, 2.05) is 19.9 Å². The summed E-state index contributed by atoms with van der Waals surface area (Å²) in [6.45, 7) is 5.36. The molecule has 3 nitrogen and oxygen atoms in total. The Labute approximate surface area is 114 Å². The predicted molar refractivity (Wildman–Crippen MR) is 74.9 cm³/mol. The third-order valence-electron chi connectivity index (χ3n) is 3.41. The largest absolute Gasteiger partial charge is 0.326 e. The normalized spacial score (nSPS) is 14.1. The number of nitrogens with two attached hydrogens (primary N) is 1. The molecule has 1 rings (SSSR count). The van der Waals surface area contributed by atoms with Gasteiger partial charge in [0, 0.05) is 24.6 Å². The fourth-order valence-electron chi connectivity index (χ4n) is 2.32. The summed E-state index contributed by atoms with van der Waals surface area (Å²) in [4.78, 5) is 2.08. The number of nitriles is 1. The minimum Gasteiger partial charge on any atom is -0.326 e. The van der Waals surface area contributed by atoms with Crippen LogP contribution in [0.4, 0.5) is 4.39 Å². The van der Waals surface area contributed by atoms with Crippen molar-refractivity contribution in [1.82, 2.24) is 4.90 Å². The first-order valence-electron chi connectivity index (χ1n) is 6.76. The van der Waals surface area contributed by atoms with E-state index in [0.29, 0.717) is 18.5 Å². The molecular formula is C15H22FN3. The van der Waals surface area contributed by atoms with Crippen molar-refractivity contribution in [1.29, 1.82) is 5.26 Å². The number of benzene rings is 1. The van der Waals surface area contributed by atoms with E-state index in [0.717, 1.165) is 13.0 Å². The van der Waals surface area contributed by atoms with Gasteiger partial charge in [0.25, 0.3) is 0 Å². The molecule has 0 radical (unpaired) electrons. The van der Waals surface area contributed by atoms with Crippen LogP contribution >= 0.6 is 0 Å². The van der Waals surface area contributed by atoms with Crippen molar-refractivity contribution < 1.29 is 4.39 Å². The fraction of sp³-hybridized carbons (Fsp3) is 0.533. The number of likely N-dealkylation sites (N-methyl/N-ethyl adjacent to an activating group) is 1. The second kappa shape index (κ2) is 7.88. The van der Waals surface area contributed by atoms with Crippen LogP contribution in [-0.2, 0) is 0 Å². The van der Waals surface area contributed by atoms with Gasteiger partial charge in [-0.05, 0) is 19.0 Å². The average molecular weight is 263 g/mol. The molecule has 0 bridgehead atoms. The zero-order valence-electron chi connectivity index (χ0n) is 11.6. The Morgan fingerprint density at radius 1 is 1.37 bits per heavy atom. The van der Waals surface area contributed by atoms with Gasteiger partial charge in [-0.15, -0.1) is 0 Å². The summed E-state index contributed by atoms with van der Waals surface area (Å²) in [7, 11) is 0. The highest BCUT2D eigenvalue weighted by Crippen LogP contribution is 2.27. The zero-order chi connectivity index (χ0) is 14.3. The van der Waals surface area contributed by atoms with Crippen molar-refractivity contribution in [2.75, 3.05) is 13.1 Å². The fourth-order valence-corrected chi connectivity index (χ4v) is 2.32. The minimum absolute atomic E-state index is 0.143. The van der Waals surface area contributed by atoms with E-state index in [4.69, 9.17) is 11.0 Å². The van der Waals surface area contributed by atoms with Crippen molar-refractivity contribution in [2.45, 2.75) is 38.8 Å². The van der Waals surface area contributed by atoms with Crippen LogP contribution in [0.1, 0.15) is 38.3 Å². The molecular weight excluding hydrogens is 241 g/mol. The van der Waals surface area contributed by atoms with E-state index in [2.05, 4.69) is 11.0 Å². The van der Waals surface area contributed by atoms with E-state index in [9.17, 15) is 4.39 Å². The van der Waals surface area contributed by atoms with E-state index >= 15 is 0 Å². The molecule has 0 aliphatic rings. The van der Waals surface area contributed by atoms with Gasteiger partial charge >= 0.3 is 0 Å². The molecule has 1 aromatic rings. The molecule has 0 heterocycles. The van der Waals surface area contributed by atoms with Gasteiger partial charge in [-0.3, -0.25) is 4.90 Å². The van der Waals surface area contributed by atoms with E-state index < -0.39 is 0 Å². The molecule has 19 heavy (non-hydrogen) atoms. The smallest absolute Gasteiger partial charge is 0.128 e. The third kappa shape index (κ3) is 4.02. The first-order valence-corrected chi connectivity index (χ1v) is 6.76. The maximum Gasteiger partial charge on any atom is 0.128 e. The number of halogens is 1. The molecule has 0 spiro atoms. The molecule has 1 aromatic carbocycles. The maximum absolute atomic E-state index is 14.0. The summed E-state index contributed by atoms with van der Waals surface area (Å²) in [5, 5.41) is 8.73. The van der Waals surface area contributed by atoms with Crippen molar-refractivity contribution >= 4 is 0 Å². The van der Waals surface area contributed by atoms with Crippen LogP contribution < -0.4 is 5.73 Å². The monoisotopic (exact) mass is 263 g/mol. The van der Waals surface area contributed by atoms with E-state index in [-0.39, 0.29) is 17.9 Å². The molecule has 2 unspecified atom stereocenters. The molecule has 0 fully saturated rings. The Kier molecular flexibility index (Phi) is 6.48. The molecule has 0 saturated carbocycles. The van der Waals surface area contributed by atoms with E-state index in [1.165, 1.54) is 6.07 Å². The van der Waals surface area contributed by atoms with Gasteiger partial charge in [0.2, 0.25) is 0 Å². The summed E-state index contributed by atoms with van der Waals surface area (Å²) in [6, 6.07) is 8.56. The van der Waals surface area contributed by atoms with E-state index in [1.54, 1.807) is 12.1 Å². The molecule has 0 aliphatic heterocycles. The van der Waals surface area contributed by atoms with Gasteiger partial charge in [0.15, 0.2) is 0 Å². The van der Waals surface area contributed by atoms with Gasteiger partial charge in [-0.2, -0.15) is 5.26 Å². The van der Waals surface area contributed by atoms with Crippen molar-refractivity contribution in [3.63, 3.8) is 0 Å². The lowest BCUT2D eigenvalue weighted by atomic mass is 9.95. The second-order valence-electron chi connectivity index (χ2n) is 4.58. The molecule has 2 N–H and O–H groups in total. The minimum atomic E-state index is -0.230. The highest BCUT2D eigenvalue weighted by Gasteiger charge is 2.26. The van der Waals surface area contributed by atoms with Crippen molar-refractivity contribution in [3.05, 3.63) is 35.6 Å². The average Bonchev–Trinajstić information content (AvgIpc) is 2.44.